The molecule has 0 bridgehead atoms. The van der Waals surface area contributed by atoms with Gasteiger partial charge in [-0.1, -0.05) is 19.4 Å². The molecule has 1 N–H and O–H groups in total. The van der Waals surface area contributed by atoms with Crippen molar-refractivity contribution in [1.29, 1.82) is 0 Å². The van der Waals surface area contributed by atoms with E-state index in [0.717, 1.165) is 31.6 Å². The van der Waals surface area contributed by atoms with E-state index in [1.54, 1.807) is 0 Å². The molecular weight excluding hydrogens is 236 g/mol. The van der Waals surface area contributed by atoms with Crippen LogP contribution < -0.4 is 5.32 Å². The molecular formula is C16H24N2O. The van der Waals surface area contributed by atoms with E-state index < -0.39 is 0 Å². The molecule has 1 fully saturated rings. The first-order valence-corrected chi connectivity index (χ1v) is 7.23. The van der Waals surface area contributed by atoms with Crippen LogP contribution in [0.3, 0.4) is 0 Å². The number of carbonyl (C=O) groups excluding carboxylic acids is 1. The average Bonchev–Trinajstić information content (AvgIpc) is 2.43. The van der Waals surface area contributed by atoms with Crippen LogP contribution >= 0.6 is 0 Å². The maximum absolute atomic E-state index is 12.2. The molecule has 0 spiro atoms. The molecule has 3 heteroatoms. The predicted octanol–water partition coefficient (Wildman–Crippen LogP) is 3.96. The lowest BCUT2D eigenvalue weighted by Crippen LogP contribution is -2.42. The van der Waals surface area contributed by atoms with E-state index in [-0.39, 0.29) is 6.03 Å². The molecule has 0 aliphatic carbocycles. The SMILES string of the molecule is CCC1CCCN(C(=O)Nc2ccc(C)c(C)c2)C1. The molecule has 19 heavy (non-hydrogen) atoms. The van der Waals surface area contributed by atoms with E-state index in [1.807, 2.05) is 17.0 Å². The topological polar surface area (TPSA) is 32.3 Å². The monoisotopic (exact) mass is 260 g/mol. The van der Waals surface area contributed by atoms with Crippen LogP contribution in [0.5, 0.6) is 0 Å². The van der Waals surface area contributed by atoms with E-state index in [9.17, 15) is 4.79 Å². The molecule has 2 rings (SSSR count). The van der Waals surface area contributed by atoms with Crippen LogP contribution in [0.15, 0.2) is 18.2 Å². The van der Waals surface area contributed by atoms with Gasteiger partial charge in [-0.25, -0.2) is 4.79 Å². The van der Waals surface area contributed by atoms with Gasteiger partial charge in [0.05, 0.1) is 0 Å². The molecule has 0 saturated carbocycles. The summed E-state index contributed by atoms with van der Waals surface area (Å²) in [6, 6.07) is 6.10. The molecule has 2 amide bonds. The number of hydrogen-bond donors (Lipinski definition) is 1. The Kier molecular flexibility index (Phi) is 4.46. The van der Waals surface area contributed by atoms with Crippen molar-refractivity contribution in [2.45, 2.75) is 40.0 Å². The first kappa shape index (κ1) is 13.9. The summed E-state index contributed by atoms with van der Waals surface area (Å²) in [5.74, 6) is 0.666. The van der Waals surface area contributed by atoms with Gasteiger partial charge in [0.25, 0.3) is 0 Å². The van der Waals surface area contributed by atoms with Gasteiger partial charge in [-0.15, -0.1) is 0 Å². The first-order valence-electron chi connectivity index (χ1n) is 7.23. The fourth-order valence-electron chi connectivity index (χ4n) is 2.60. The van der Waals surface area contributed by atoms with E-state index >= 15 is 0 Å². The fourth-order valence-corrected chi connectivity index (χ4v) is 2.60. The second-order valence-corrected chi connectivity index (χ2v) is 5.59. The Labute approximate surface area is 116 Å². The highest BCUT2D eigenvalue weighted by Gasteiger charge is 2.22. The van der Waals surface area contributed by atoms with Gasteiger partial charge in [0.2, 0.25) is 0 Å². The summed E-state index contributed by atoms with van der Waals surface area (Å²) in [5, 5.41) is 3.01. The zero-order valence-corrected chi connectivity index (χ0v) is 12.2. The minimum absolute atomic E-state index is 0.0430. The third-order valence-corrected chi connectivity index (χ3v) is 4.14. The second kappa shape index (κ2) is 6.09. The average molecular weight is 260 g/mol. The summed E-state index contributed by atoms with van der Waals surface area (Å²) in [6.45, 7) is 8.13. The fraction of sp³-hybridized carbons (Fsp3) is 0.562. The number of hydrogen-bond acceptors (Lipinski definition) is 1. The van der Waals surface area contributed by atoms with E-state index in [1.165, 1.54) is 17.5 Å². The maximum Gasteiger partial charge on any atom is 0.321 e. The lowest BCUT2D eigenvalue weighted by Gasteiger charge is -2.32. The smallest absolute Gasteiger partial charge is 0.321 e. The van der Waals surface area contributed by atoms with Gasteiger partial charge in [0, 0.05) is 18.8 Å². The lowest BCUT2D eigenvalue weighted by molar-refractivity contribution is 0.176. The molecule has 3 nitrogen and oxygen atoms in total. The highest BCUT2D eigenvalue weighted by atomic mass is 16.2. The molecule has 1 aliphatic heterocycles. The van der Waals surface area contributed by atoms with Crippen molar-refractivity contribution in [3.8, 4) is 0 Å². The number of nitrogens with one attached hydrogen (secondary N) is 1. The Bertz CT molecular complexity index is 456. The molecule has 104 valence electrons. The van der Waals surface area contributed by atoms with Crippen molar-refractivity contribution < 1.29 is 4.79 Å². The van der Waals surface area contributed by atoms with Crippen molar-refractivity contribution in [3.05, 3.63) is 29.3 Å². The van der Waals surface area contributed by atoms with Crippen molar-refractivity contribution in [2.24, 2.45) is 5.92 Å². The highest BCUT2D eigenvalue weighted by Crippen LogP contribution is 2.20. The van der Waals surface area contributed by atoms with Crippen LogP contribution in [0.2, 0.25) is 0 Å². The summed E-state index contributed by atoms with van der Waals surface area (Å²) < 4.78 is 0. The number of nitrogens with zero attached hydrogens (tertiary/aromatic N) is 1. The second-order valence-electron chi connectivity index (χ2n) is 5.59. The minimum Gasteiger partial charge on any atom is -0.324 e. The normalized spacial score (nSPS) is 19.3. The highest BCUT2D eigenvalue weighted by molar-refractivity contribution is 5.89. The molecule has 1 unspecified atom stereocenters. The zero-order chi connectivity index (χ0) is 13.8. The summed E-state index contributed by atoms with van der Waals surface area (Å²) in [4.78, 5) is 14.2. The van der Waals surface area contributed by atoms with E-state index in [0.29, 0.717) is 5.92 Å². The van der Waals surface area contributed by atoms with Crippen LogP contribution in [-0.2, 0) is 0 Å². The van der Waals surface area contributed by atoms with Crippen LogP contribution in [0.4, 0.5) is 10.5 Å². The number of rotatable bonds is 2. The van der Waals surface area contributed by atoms with Crippen LogP contribution in [0.25, 0.3) is 0 Å². The molecule has 1 aromatic rings. The van der Waals surface area contributed by atoms with E-state index in [4.69, 9.17) is 0 Å². The quantitative estimate of drug-likeness (QED) is 0.857. The third kappa shape index (κ3) is 3.49. The molecule has 1 saturated heterocycles. The Morgan fingerprint density at radius 2 is 2.16 bits per heavy atom. The Morgan fingerprint density at radius 1 is 1.37 bits per heavy atom. The summed E-state index contributed by atoms with van der Waals surface area (Å²) in [6.07, 6.45) is 3.54. The summed E-state index contributed by atoms with van der Waals surface area (Å²) in [5.41, 5.74) is 3.36. The minimum atomic E-state index is 0.0430. The number of likely N-dealkylation sites (tertiary alicyclic amines) is 1. The number of piperidine rings is 1. The molecule has 1 atom stereocenters. The van der Waals surface area contributed by atoms with Crippen molar-refractivity contribution in [3.63, 3.8) is 0 Å². The summed E-state index contributed by atoms with van der Waals surface area (Å²) in [7, 11) is 0. The molecule has 0 radical (unpaired) electrons. The Hall–Kier alpha value is -1.51. The Morgan fingerprint density at radius 3 is 2.84 bits per heavy atom. The largest absolute Gasteiger partial charge is 0.324 e. The number of urea groups is 1. The van der Waals surface area contributed by atoms with Gasteiger partial charge < -0.3 is 10.2 Å². The van der Waals surface area contributed by atoms with Gasteiger partial charge in [-0.05, 0) is 55.9 Å². The van der Waals surface area contributed by atoms with Crippen LogP contribution in [-0.4, -0.2) is 24.0 Å². The number of amides is 2. The first-order chi connectivity index (χ1) is 9.10. The van der Waals surface area contributed by atoms with Crippen LogP contribution in [0, 0.1) is 19.8 Å². The lowest BCUT2D eigenvalue weighted by atomic mass is 9.96. The maximum atomic E-state index is 12.2. The van der Waals surface area contributed by atoms with Gasteiger partial charge >= 0.3 is 6.03 Å². The number of aryl methyl sites for hydroxylation is 2. The van der Waals surface area contributed by atoms with Gasteiger partial charge in [-0.2, -0.15) is 0 Å². The van der Waals surface area contributed by atoms with Crippen molar-refractivity contribution in [2.75, 3.05) is 18.4 Å². The predicted molar refractivity (Wildman–Crippen MR) is 79.5 cm³/mol. The molecule has 0 aromatic heterocycles. The van der Waals surface area contributed by atoms with Crippen LogP contribution in [0.1, 0.15) is 37.3 Å². The number of anilines is 1. The zero-order valence-electron chi connectivity index (χ0n) is 12.2. The number of carbonyl (C=O) groups is 1. The van der Waals surface area contributed by atoms with Gasteiger partial charge in [0.1, 0.15) is 0 Å². The third-order valence-electron chi connectivity index (χ3n) is 4.14. The summed E-state index contributed by atoms with van der Waals surface area (Å²) >= 11 is 0. The molecule has 1 aliphatic rings. The van der Waals surface area contributed by atoms with Crippen molar-refractivity contribution in [1.82, 2.24) is 4.90 Å². The molecule has 1 aromatic carbocycles. The van der Waals surface area contributed by atoms with Gasteiger partial charge in [0.15, 0.2) is 0 Å². The van der Waals surface area contributed by atoms with E-state index in [2.05, 4.69) is 32.2 Å². The molecule has 1 heterocycles. The Balaban J connectivity index is 1.98. The standard InChI is InChI=1S/C16H24N2O/c1-4-14-6-5-9-18(11-14)16(19)17-15-8-7-12(2)13(3)10-15/h7-8,10,14H,4-6,9,11H2,1-3H3,(H,17,19). The van der Waals surface area contributed by atoms with Gasteiger partial charge in [-0.3, -0.25) is 0 Å². The van der Waals surface area contributed by atoms with Crippen molar-refractivity contribution >= 4 is 11.7 Å². The number of benzene rings is 1.